The Kier molecular flexibility index (Phi) is 2.08. The fraction of sp³-hybridized carbons (Fsp3) is 0.500. The van der Waals surface area contributed by atoms with E-state index in [2.05, 4.69) is 0 Å². The summed E-state index contributed by atoms with van der Waals surface area (Å²) in [7, 11) is 0. The van der Waals surface area contributed by atoms with Crippen molar-refractivity contribution in [3.05, 3.63) is 11.8 Å². The molecule has 0 N–H and O–H groups in total. The second-order valence-electron chi connectivity index (χ2n) is 2.57. The van der Waals surface area contributed by atoms with Crippen LogP contribution in [0.5, 0.6) is 0 Å². The molecule has 0 spiro atoms. The predicted octanol–water partition coefficient (Wildman–Crippen LogP) is 0.712. The molecule has 0 unspecified atom stereocenters. The van der Waals surface area contributed by atoms with Crippen LogP contribution < -0.4 is 0 Å². The Morgan fingerprint density at radius 3 is 2.64 bits per heavy atom. The molecule has 1 rings (SSSR count). The van der Waals surface area contributed by atoms with Crippen LogP contribution in [0.15, 0.2) is 11.8 Å². The molecule has 0 radical (unpaired) electrons. The van der Waals surface area contributed by atoms with Crippen molar-refractivity contribution >= 4 is 11.7 Å². The summed E-state index contributed by atoms with van der Waals surface area (Å²) in [6.07, 6.45) is 1.55. The maximum Gasteiger partial charge on any atom is 0.234 e. The highest BCUT2D eigenvalue weighted by atomic mass is 16.2. The lowest BCUT2D eigenvalue weighted by molar-refractivity contribution is -0.133. The maximum absolute atomic E-state index is 11.1. The summed E-state index contributed by atoms with van der Waals surface area (Å²) in [5.41, 5.74) is 0.758. The van der Waals surface area contributed by atoms with E-state index in [-0.39, 0.29) is 18.1 Å². The molecule has 3 heteroatoms. The quantitative estimate of drug-likeness (QED) is 0.520. The lowest BCUT2D eigenvalue weighted by Crippen LogP contribution is -2.34. The average molecular weight is 153 g/mol. The van der Waals surface area contributed by atoms with Gasteiger partial charge in [-0.25, -0.2) is 0 Å². The number of carbonyl (C=O) groups excluding carboxylic acids is 2. The van der Waals surface area contributed by atoms with Gasteiger partial charge in [-0.1, -0.05) is 0 Å². The van der Waals surface area contributed by atoms with E-state index in [1.54, 1.807) is 11.8 Å². The third-order valence-electron chi connectivity index (χ3n) is 1.74. The van der Waals surface area contributed by atoms with Crippen molar-refractivity contribution in [3.63, 3.8) is 0 Å². The Labute approximate surface area is 65.7 Å². The van der Waals surface area contributed by atoms with Gasteiger partial charge in [-0.15, -0.1) is 0 Å². The molecule has 3 nitrogen and oxygen atoms in total. The largest absolute Gasteiger partial charge is 0.316 e. The van der Waals surface area contributed by atoms with Crippen LogP contribution in [0.25, 0.3) is 0 Å². The number of hydrogen-bond donors (Lipinski definition) is 0. The normalized spacial score (nSPS) is 18.7. The smallest absolute Gasteiger partial charge is 0.234 e. The highest BCUT2D eigenvalue weighted by Crippen LogP contribution is 2.11. The fourth-order valence-corrected chi connectivity index (χ4v) is 1.23. The molecule has 1 aliphatic rings. The number of hydrogen-bond acceptors (Lipinski definition) is 2. The summed E-state index contributed by atoms with van der Waals surface area (Å²) in [5, 5.41) is 0. The molecule has 0 fully saturated rings. The van der Waals surface area contributed by atoms with Gasteiger partial charge in [0.15, 0.2) is 5.78 Å². The van der Waals surface area contributed by atoms with Gasteiger partial charge in [-0.2, -0.15) is 0 Å². The van der Waals surface area contributed by atoms with Crippen molar-refractivity contribution in [3.8, 4) is 0 Å². The Morgan fingerprint density at radius 2 is 2.18 bits per heavy atom. The molecule has 0 saturated heterocycles. The van der Waals surface area contributed by atoms with Crippen LogP contribution in [0, 0.1) is 0 Å². The van der Waals surface area contributed by atoms with Crippen molar-refractivity contribution in [2.24, 2.45) is 0 Å². The first-order valence-corrected chi connectivity index (χ1v) is 3.66. The van der Waals surface area contributed by atoms with Gasteiger partial charge in [0.05, 0.1) is 6.42 Å². The van der Waals surface area contributed by atoms with Crippen LogP contribution in [0.3, 0.4) is 0 Å². The number of rotatable bonds is 1. The molecule has 1 aliphatic heterocycles. The number of amides is 1. The minimum Gasteiger partial charge on any atom is -0.316 e. The van der Waals surface area contributed by atoms with E-state index in [9.17, 15) is 9.59 Å². The Hall–Kier alpha value is -1.12. The van der Waals surface area contributed by atoms with Gasteiger partial charge in [0, 0.05) is 18.3 Å². The van der Waals surface area contributed by atoms with E-state index in [1.807, 2.05) is 6.92 Å². The zero-order valence-electron chi connectivity index (χ0n) is 6.76. The first kappa shape index (κ1) is 7.98. The van der Waals surface area contributed by atoms with Gasteiger partial charge in [0.1, 0.15) is 0 Å². The van der Waals surface area contributed by atoms with E-state index in [0.29, 0.717) is 6.54 Å². The maximum atomic E-state index is 11.1. The van der Waals surface area contributed by atoms with Crippen molar-refractivity contribution in [1.29, 1.82) is 0 Å². The van der Waals surface area contributed by atoms with Crippen LogP contribution in [0.1, 0.15) is 20.3 Å². The van der Waals surface area contributed by atoms with Crippen LogP contribution in [0.2, 0.25) is 0 Å². The summed E-state index contributed by atoms with van der Waals surface area (Å²) in [6, 6.07) is 0. The first-order chi connectivity index (χ1) is 5.15. The predicted molar refractivity (Wildman–Crippen MR) is 40.8 cm³/mol. The number of carbonyl (C=O) groups is 2. The highest BCUT2D eigenvalue weighted by Gasteiger charge is 2.21. The molecule has 0 aliphatic carbocycles. The number of nitrogens with zero attached hydrogens (tertiary/aromatic N) is 1. The number of allylic oxidation sites excluding steroid dienone is 2. The monoisotopic (exact) mass is 153 g/mol. The zero-order chi connectivity index (χ0) is 8.43. The van der Waals surface area contributed by atoms with Crippen LogP contribution in [-0.2, 0) is 9.59 Å². The molecule has 0 aromatic carbocycles. The number of ketones is 1. The van der Waals surface area contributed by atoms with Gasteiger partial charge in [-0.05, 0) is 13.8 Å². The van der Waals surface area contributed by atoms with E-state index in [0.717, 1.165) is 5.70 Å². The van der Waals surface area contributed by atoms with Crippen molar-refractivity contribution < 1.29 is 9.59 Å². The van der Waals surface area contributed by atoms with Crippen molar-refractivity contribution in [2.75, 3.05) is 6.54 Å². The van der Waals surface area contributed by atoms with Gasteiger partial charge < -0.3 is 4.90 Å². The second-order valence-corrected chi connectivity index (χ2v) is 2.57. The summed E-state index contributed by atoms with van der Waals surface area (Å²) >= 11 is 0. The van der Waals surface area contributed by atoms with Gasteiger partial charge in [-0.3, -0.25) is 9.59 Å². The zero-order valence-corrected chi connectivity index (χ0v) is 6.76. The van der Waals surface area contributed by atoms with E-state index in [1.165, 1.54) is 6.08 Å². The third kappa shape index (κ3) is 1.48. The molecule has 60 valence electrons. The molecule has 0 aromatic rings. The van der Waals surface area contributed by atoms with Crippen LogP contribution in [-0.4, -0.2) is 23.1 Å². The van der Waals surface area contributed by atoms with Crippen molar-refractivity contribution in [2.45, 2.75) is 20.3 Å². The highest BCUT2D eigenvalue weighted by molar-refractivity contribution is 6.07. The van der Waals surface area contributed by atoms with E-state index >= 15 is 0 Å². The third-order valence-corrected chi connectivity index (χ3v) is 1.74. The molecular weight excluding hydrogens is 142 g/mol. The van der Waals surface area contributed by atoms with E-state index < -0.39 is 0 Å². The van der Waals surface area contributed by atoms with Gasteiger partial charge in [0.25, 0.3) is 0 Å². The fourth-order valence-electron chi connectivity index (χ4n) is 1.23. The molecule has 1 heterocycles. The summed E-state index contributed by atoms with van der Waals surface area (Å²) in [4.78, 5) is 23.5. The summed E-state index contributed by atoms with van der Waals surface area (Å²) in [5.74, 6) is -0.172. The molecule has 0 saturated carbocycles. The lowest BCUT2D eigenvalue weighted by atomic mass is 10.1. The molecule has 1 amide bonds. The van der Waals surface area contributed by atoms with Gasteiger partial charge in [0.2, 0.25) is 5.91 Å². The minimum atomic E-state index is -0.0859. The SMILES string of the molecule is CCN1C(=O)CC(=O)C=C1C. The lowest BCUT2D eigenvalue weighted by Gasteiger charge is -2.24. The minimum absolute atomic E-state index is 0.0329. The van der Waals surface area contributed by atoms with Crippen molar-refractivity contribution in [1.82, 2.24) is 4.90 Å². The molecule has 0 aromatic heterocycles. The second kappa shape index (κ2) is 2.86. The van der Waals surface area contributed by atoms with Crippen LogP contribution in [0.4, 0.5) is 0 Å². The average Bonchev–Trinajstić information content (AvgIpc) is 1.85. The molecule has 11 heavy (non-hydrogen) atoms. The Balaban J connectivity index is 2.88. The Morgan fingerprint density at radius 1 is 1.55 bits per heavy atom. The molecule has 0 bridgehead atoms. The topological polar surface area (TPSA) is 37.4 Å². The molecule has 0 atom stereocenters. The first-order valence-electron chi connectivity index (χ1n) is 3.66. The van der Waals surface area contributed by atoms with E-state index in [4.69, 9.17) is 0 Å². The summed E-state index contributed by atoms with van der Waals surface area (Å²) < 4.78 is 0. The molecular formula is C8H11NO2. The van der Waals surface area contributed by atoms with Crippen LogP contribution >= 0.6 is 0 Å². The Bertz CT molecular complexity index is 230. The standard InChI is InChI=1S/C8H11NO2/c1-3-9-6(2)4-7(10)5-8(9)11/h4H,3,5H2,1-2H3. The summed E-state index contributed by atoms with van der Waals surface area (Å²) in [6.45, 7) is 4.32. The van der Waals surface area contributed by atoms with Gasteiger partial charge >= 0.3 is 0 Å².